The van der Waals surface area contributed by atoms with Gasteiger partial charge >= 0.3 is 5.97 Å². The highest BCUT2D eigenvalue weighted by molar-refractivity contribution is 5.83. The topological polar surface area (TPSA) is 102 Å². The SMILES string of the molecule is CCCCCCCCCC[C@H](O)[C@H]1CC[C@H]([C@H]2CC[C@H]([C@H](O)CCCCCCCCCC[C@@H]3C[C@H](CC(C)=O)C(=O)O3)O2)O1. The van der Waals surface area contributed by atoms with Gasteiger partial charge in [-0.2, -0.15) is 0 Å². The summed E-state index contributed by atoms with van der Waals surface area (Å²) < 4.78 is 18.0. The Hall–Kier alpha value is -1.02. The number of hydrogen-bond donors (Lipinski definition) is 2. The Morgan fingerprint density at radius 2 is 1.16 bits per heavy atom. The van der Waals surface area contributed by atoms with Crippen LogP contribution in [0.25, 0.3) is 0 Å². The maximum Gasteiger partial charge on any atom is 0.309 e. The molecule has 7 heteroatoms. The molecule has 0 amide bonds. The Kier molecular flexibility index (Phi) is 18.5. The zero-order valence-electron chi connectivity index (χ0n) is 28.2. The summed E-state index contributed by atoms with van der Waals surface area (Å²) >= 11 is 0. The molecule has 2 N–H and O–H groups in total. The maximum atomic E-state index is 11.9. The van der Waals surface area contributed by atoms with Gasteiger partial charge in [-0.15, -0.1) is 0 Å². The fourth-order valence-electron chi connectivity index (χ4n) is 7.55. The van der Waals surface area contributed by atoms with Gasteiger partial charge in [-0.25, -0.2) is 0 Å². The van der Waals surface area contributed by atoms with Crippen molar-refractivity contribution in [2.75, 3.05) is 0 Å². The quantitative estimate of drug-likeness (QED) is 0.0782. The van der Waals surface area contributed by atoms with Gasteiger partial charge in [-0.3, -0.25) is 4.79 Å². The number of ketones is 1. The highest BCUT2D eigenvalue weighted by Crippen LogP contribution is 2.35. The van der Waals surface area contributed by atoms with Gasteiger partial charge < -0.3 is 29.2 Å². The summed E-state index contributed by atoms with van der Waals surface area (Å²) in [4.78, 5) is 23.1. The van der Waals surface area contributed by atoms with Crippen molar-refractivity contribution in [3.63, 3.8) is 0 Å². The molecule has 0 aliphatic carbocycles. The van der Waals surface area contributed by atoms with Crippen molar-refractivity contribution >= 4 is 11.8 Å². The molecule has 3 heterocycles. The van der Waals surface area contributed by atoms with Gasteiger partial charge in [-0.05, 0) is 64.7 Å². The van der Waals surface area contributed by atoms with Crippen LogP contribution >= 0.6 is 0 Å². The minimum atomic E-state index is -0.399. The Morgan fingerprint density at radius 3 is 1.64 bits per heavy atom. The van der Waals surface area contributed by atoms with Crippen LogP contribution in [-0.4, -0.2) is 64.7 Å². The van der Waals surface area contributed by atoms with Crippen LogP contribution in [0.5, 0.6) is 0 Å². The van der Waals surface area contributed by atoms with Crippen LogP contribution in [0.3, 0.4) is 0 Å². The summed E-state index contributed by atoms with van der Waals surface area (Å²) in [6.07, 6.45) is 26.0. The number of esters is 1. The molecule has 3 saturated heterocycles. The Labute approximate surface area is 268 Å². The lowest BCUT2D eigenvalue weighted by molar-refractivity contribution is -0.145. The van der Waals surface area contributed by atoms with Gasteiger partial charge in [0, 0.05) is 6.42 Å². The number of cyclic esters (lactones) is 1. The van der Waals surface area contributed by atoms with E-state index in [2.05, 4.69) is 6.92 Å². The lowest BCUT2D eigenvalue weighted by Crippen LogP contribution is -2.33. The number of ether oxygens (including phenoxy) is 3. The molecule has 0 aromatic carbocycles. The van der Waals surface area contributed by atoms with Gasteiger partial charge in [0.25, 0.3) is 0 Å². The van der Waals surface area contributed by atoms with Gasteiger partial charge in [0.15, 0.2) is 0 Å². The fourth-order valence-corrected chi connectivity index (χ4v) is 7.55. The van der Waals surface area contributed by atoms with Crippen molar-refractivity contribution in [1.29, 1.82) is 0 Å². The zero-order chi connectivity index (χ0) is 31.6. The summed E-state index contributed by atoms with van der Waals surface area (Å²) in [6.45, 7) is 3.79. The number of carbonyl (C=O) groups is 2. The third kappa shape index (κ3) is 14.2. The van der Waals surface area contributed by atoms with E-state index in [1.807, 2.05) is 0 Å². The molecule has 3 aliphatic heterocycles. The fraction of sp³-hybridized carbons (Fsp3) is 0.946. The lowest BCUT2D eigenvalue weighted by Gasteiger charge is -2.24. The molecule has 44 heavy (non-hydrogen) atoms. The second-order valence-electron chi connectivity index (χ2n) is 14.3. The molecule has 0 radical (unpaired) electrons. The number of Topliss-reactive ketones (excluding diaryl/α,β-unsaturated/α-hetero) is 1. The molecule has 3 aliphatic rings. The van der Waals surface area contributed by atoms with Gasteiger partial charge in [0.1, 0.15) is 11.9 Å². The molecule has 0 spiro atoms. The molecule has 0 bridgehead atoms. The van der Waals surface area contributed by atoms with E-state index in [0.29, 0.717) is 12.8 Å². The second kappa shape index (κ2) is 21.7. The molecular weight excluding hydrogens is 556 g/mol. The molecule has 3 rings (SSSR count). The number of rotatable bonds is 25. The molecule has 0 aromatic heterocycles. The molecule has 0 aromatic rings. The van der Waals surface area contributed by atoms with E-state index < -0.39 is 6.10 Å². The summed E-state index contributed by atoms with van der Waals surface area (Å²) in [5.74, 6) is -0.348. The summed E-state index contributed by atoms with van der Waals surface area (Å²) in [6, 6.07) is 0. The molecule has 0 saturated carbocycles. The minimum absolute atomic E-state index is 0.00211. The van der Waals surface area contributed by atoms with Gasteiger partial charge in [-0.1, -0.05) is 103 Å². The molecule has 3 fully saturated rings. The van der Waals surface area contributed by atoms with E-state index in [4.69, 9.17) is 14.2 Å². The number of unbranched alkanes of at least 4 members (excludes halogenated alkanes) is 14. The average molecular weight is 623 g/mol. The predicted octanol–water partition coefficient (Wildman–Crippen LogP) is 8.15. The van der Waals surface area contributed by atoms with Crippen LogP contribution in [0.1, 0.15) is 174 Å². The average Bonchev–Trinajstić information content (AvgIpc) is 3.75. The Bertz CT molecular complexity index is 788. The first kappa shape index (κ1) is 37.4. The van der Waals surface area contributed by atoms with Crippen molar-refractivity contribution in [2.24, 2.45) is 5.92 Å². The summed E-state index contributed by atoms with van der Waals surface area (Å²) in [5, 5.41) is 21.4. The van der Waals surface area contributed by atoms with Crippen LogP contribution in [0.15, 0.2) is 0 Å². The normalized spacial score (nSPS) is 28.4. The lowest BCUT2D eigenvalue weighted by atomic mass is 9.96. The third-order valence-corrected chi connectivity index (χ3v) is 10.3. The van der Waals surface area contributed by atoms with Crippen LogP contribution in [0.4, 0.5) is 0 Å². The molecule has 0 unspecified atom stereocenters. The zero-order valence-corrected chi connectivity index (χ0v) is 28.2. The minimum Gasteiger partial charge on any atom is -0.462 e. The van der Waals surface area contributed by atoms with Gasteiger partial charge in [0.05, 0.1) is 42.5 Å². The molecule has 7 nitrogen and oxygen atoms in total. The summed E-state index contributed by atoms with van der Waals surface area (Å²) in [7, 11) is 0. The number of hydrogen-bond acceptors (Lipinski definition) is 7. The summed E-state index contributed by atoms with van der Waals surface area (Å²) in [5.41, 5.74) is 0. The van der Waals surface area contributed by atoms with Crippen molar-refractivity contribution in [2.45, 2.75) is 217 Å². The van der Waals surface area contributed by atoms with E-state index in [-0.39, 0.29) is 54.3 Å². The maximum absolute atomic E-state index is 11.9. The van der Waals surface area contributed by atoms with Gasteiger partial charge in [0.2, 0.25) is 0 Å². The van der Waals surface area contributed by atoms with E-state index >= 15 is 0 Å². The van der Waals surface area contributed by atoms with E-state index in [0.717, 1.165) is 77.0 Å². The van der Waals surface area contributed by atoms with Crippen molar-refractivity contribution in [3.8, 4) is 0 Å². The smallest absolute Gasteiger partial charge is 0.309 e. The standard InChI is InChI=1S/C37H66O7/c1-3-4-5-6-7-11-14-17-20-31(39)33-22-24-35(43-33)36-25-23-34(44-36)32(40)21-18-15-12-9-8-10-13-16-19-30-27-29(26-28(2)38)37(41)42-30/h29-36,39-40H,3-27H2,1-2H3/t29-,30+,31-,32+,33+,34+,35+,36+/m0/s1. The Balaban J connectivity index is 1.13. The second-order valence-corrected chi connectivity index (χ2v) is 14.3. The number of aliphatic hydroxyl groups is 2. The predicted molar refractivity (Wildman–Crippen MR) is 174 cm³/mol. The van der Waals surface area contributed by atoms with E-state index in [9.17, 15) is 19.8 Å². The van der Waals surface area contributed by atoms with Crippen LogP contribution in [-0.2, 0) is 23.8 Å². The molecular formula is C37H66O7. The van der Waals surface area contributed by atoms with Crippen molar-refractivity contribution in [1.82, 2.24) is 0 Å². The van der Waals surface area contributed by atoms with E-state index in [1.165, 1.54) is 77.6 Å². The molecule has 8 atom stereocenters. The molecule has 256 valence electrons. The highest BCUT2D eigenvalue weighted by Gasteiger charge is 2.40. The number of carbonyl (C=O) groups excluding carboxylic acids is 2. The first-order valence-corrected chi connectivity index (χ1v) is 18.7. The van der Waals surface area contributed by atoms with E-state index in [1.54, 1.807) is 0 Å². The first-order valence-electron chi connectivity index (χ1n) is 18.7. The van der Waals surface area contributed by atoms with Crippen molar-refractivity contribution in [3.05, 3.63) is 0 Å². The monoisotopic (exact) mass is 622 g/mol. The van der Waals surface area contributed by atoms with Crippen LogP contribution in [0, 0.1) is 5.92 Å². The first-order chi connectivity index (χ1) is 21.4. The third-order valence-electron chi connectivity index (χ3n) is 10.3. The van der Waals surface area contributed by atoms with Crippen LogP contribution in [0.2, 0.25) is 0 Å². The highest BCUT2D eigenvalue weighted by atomic mass is 16.6. The number of aliphatic hydroxyl groups excluding tert-OH is 2. The largest absolute Gasteiger partial charge is 0.462 e. The Morgan fingerprint density at radius 1 is 0.705 bits per heavy atom. The van der Waals surface area contributed by atoms with Crippen LogP contribution < -0.4 is 0 Å². The van der Waals surface area contributed by atoms with Crippen molar-refractivity contribution < 1.29 is 34.0 Å².